The minimum absolute atomic E-state index is 0.0461. The smallest absolute Gasteiger partial charge is 0.406 e. The number of carbonyl (C=O) groups is 2. The lowest BCUT2D eigenvalue weighted by Gasteiger charge is -2.34. The number of hydrogen-bond acceptors (Lipinski definition) is 7. The fourth-order valence-corrected chi connectivity index (χ4v) is 4.06. The maximum Gasteiger partial charge on any atom is 0.406 e. The molecular weight excluding hydrogens is 412 g/mol. The summed E-state index contributed by atoms with van der Waals surface area (Å²) in [5.41, 5.74) is 2.89. The van der Waals surface area contributed by atoms with Crippen molar-refractivity contribution in [2.45, 2.75) is 63.6 Å². The number of nitrogens with zero attached hydrogens (tertiary/aromatic N) is 2. The fourth-order valence-electron chi connectivity index (χ4n) is 4.06. The molecule has 32 heavy (non-hydrogen) atoms. The zero-order valence-electron chi connectivity index (χ0n) is 19.1. The van der Waals surface area contributed by atoms with E-state index in [0.717, 1.165) is 42.8 Å². The standard InChI is InChI=1S/C23H36N4O5/c1-16(27(20-7-8-20)22(29)21-15-24-10-12-32-21)17-13-18(5-3-9-25-23(30)31-2)26-19(14-17)6-4-11-28/h13-14,16,20-21,24,28H,3-12,15H2,1-2H3,(H,25,30). The van der Waals surface area contributed by atoms with Crippen LogP contribution in [0.25, 0.3) is 0 Å². The van der Waals surface area contributed by atoms with E-state index in [2.05, 4.69) is 34.4 Å². The van der Waals surface area contributed by atoms with Gasteiger partial charge in [0.1, 0.15) is 6.10 Å². The van der Waals surface area contributed by atoms with Crippen LogP contribution in [0, 0.1) is 0 Å². The minimum atomic E-state index is -0.443. The van der Waals surface area contributed by atoms with Crippen LogP contribution in [-0.4, -0.2) is 79.1 Å². The van der Waals surface area contributed by atoms with Gasteiger partial charge in [-0.1, -0.05) is 0 Å². The molecule has 0 bridgehead atoms. The molecule has 2 heterocycles. The van der Waals surface area contributed by atoms with Crippen molar-refractivity contribution in [2.24, 2.45) is 0 Å². The van der Waals surface area contributed by atoms with Crippen molar-refractivity contribution in [3.63, 3.8) is 0 Å². The van der Waals surface area contributed by atoms with Crippen molar-refractivity contribution in [1.82, 2.24) is 20.5 Å². The first-order valence-electron chi connectivity index (χ1n) is 11.6. The number of aliphatic hydroxyl groups excluding tert-OH is 1. The van der Waals surface area contributed by atoms with Crippen LogP contribution in [0.3, 0.4) is 0 Å². The van der Waals surface area contributed by atoms with Gasteiger partial charge in [-0.2, -0.15) is 0 Å². The lowest BCUT2D eigenvalue weighted by molar-refractivity contribution is -0.148. The summed E-state index contributed by atoms with van der Waals surface area (Å²) < 4.78 is 10.3. The lowest BCUT2D eigenvalue weighted by Crippen LogP contribution is -2.50. The molecular formula is C23H36N4O5. The van der Waals surface area contributed by atoms with Gasteiger partial charge in [0.2, 0.25) is 0 Å². The van der Waals surface area contributed by atoms with Gasteiger partial charge in [-0.05, 0) is 63.1 Å². The van der Waals surface area contributed by atoms with Gasteiger partial charge in [0.05, 0.1) is 19.8 Å². The van der Waals surface area contributed by atoms with Crippen molar-refractivity contribution < 1.29 is 24.2 Å². The molecule has 2 unspecified atom stereocenters. The number of aryl methyl sites for hydroxylation is 2. The number of carbonyl (C=O) groups excluding carboxylic acids is 2. The van der Waals surface area contributed by atoms with Gasteiger partial charge in [0.25, 0.3) is 5.91 Å². The Hall–Kier alpha value is -2.23. The van der Waals surface area contributed by atoms with Crippen LogP contribution in [0.4, 0.5) is 4.79 Å². The van der Waals surface area contributed by atoms with E-state index in [1.807, 2.05) is 4.90 Å². The number of alkyl carbamates (subject to hydrolysis) is 1. The number of methoxy groups -OCH3 is 1. The molecule has 9 nitrogen and oxygen atoms in total. The van der Waals surface area contributed by atoms with E-state index >= 15 is 0 Å². The van der Waals surface area contributed by atoms with Crippen LogP contribution in [-0.2, 0) is 27.1 Å². The molecule has 1 saturated carbocycles. The summed E-state index contributed by atoms with van der Waals surface area (Å²) >= 11 is 0. The number of morpholine rings is 1. The summed E-state index contributed by atoms with van der Waals surface area (Å²) in [5, 5.41) is 15.2. The predicted octanol–water partition coefficient (Wildman–Crippen LogP) is 1.34. The van der Waals surface area contributed by atoms with Crippen LogP contribution in [0.15, 0.2) is 12.1 Å². The third-order valence-corrected chi connectivity index (χ3v) is 5.91. The summed E-state index contributed by atoms with van der Waals surface area (Å²) in [4.78, 5) is 31.3. The summed E-state index contributed by atoms with van der Waals surface area (Å²) in [6, 6.07) is 4.28. The number of ether oxygens (including phenoxy) is 2. The minimum Gasteiger partial charge on any atom is -0.453 e. The number of aromatic nitrogens is 1. The molecule has 0 spiro atoms. The Morgan fingerprint density at radius 3 is 2.62 bits per heavy atom. The van der Waals surface area contributed by atoms with E-state index in [0.29, 0.717) is 39.0 Å². The molecule has 3 rings (SSSR count). The highest BCUT2D eigenvalue weighted by molar-refractivity contribution is 5.82. The Balaban J connectivity index is 1.75. The van der Waals surface area contributed by atoms with E-state index in [-0.39, 0.29) is 24.6 Å². The quantitative estimate of drug-likeness (QED) is 0.438. The van der Waals surface area contributed by atoms with Crippen molar-refractivity contribution in [3.05, 3.63) is 29.1 Å². The Kier molecular flexibility index (Phi) is 9.25. The molecule has 1 aromatic heterocycles. The largest absolute Gasteiger partial charge is 0.453 e. The Morgan fingerprint density at radius 1 is 1.31 bits per heavy atom. The second-order valence-corrected chi connectivity index (χ2v) is 8.45. The Labute approximate surface area is 189 Å². The molecule has 2 atom stereocenters. The van der Waals surface area contributed by atoms with Crippen LogP contribution in [0.1, 0.15) is 55.6 Å². The average Bonchev–Trinajstić information content (AvgIpc) is 3.65. The van der Waals surface area contributed by atoms with E-state index in [4.69, 9.17) is 9.72 Å². The van der Waals surface area contributed by atoms with Gasteiger partial charge in [-0.15, -0.1) is 0 Å². The molecule has 178 valence electrons. The Bertz CT molecular complexity index is 765. The SMILES string of the molecule is COC(=O)NCCCc1cc(C(C)N(C(=O)C2CNCCO2)C2CC2)cc(CCCO)n1. The van der Waals surface area contributed by atoms with Crippen LogP contribution in [0.5, 0.6) is 0 Å². The van der Waals surface area contributed by atoms with Gasteiger partial charge in [0, 0.05) is 43.7 Å². The first kappa shape index (κ1) is 24.4. The third kappa shape index (κ3) is 6.88. The van der Waals surface area contributed by atoms with E-state index in [1.165, 1.54) is 7.11 Å². The number of nitrogens with one attached hydrogen (secondary N) is 2. The topological polar surface area (TPSA) is 113 Å². The summed E-state index contributed by atoms with van der Waals surface area (Å²) in [6.45, 7) is 4.55. The monoisotopic (exact) mass is 448 g/mol. The van der Waals surface area contributed by atoms with Crippen LogP contribution >= 0.6 is 0 Å². The number of pyridine rings is 1. The molecule has 9 heteroatoms. The molecule has 2 aliphatic rings. The van der Waals surface area contributed by atoms with Gasteiger partial charge < -0.3 is 30.1 Å². The first-order chi connectivity index (χ1) is 15.5. The summed E-state index contributed by atoms with van der Waals surface area (Å²) in [5.74, 6) is 0.0461. The summed E-state index contributed by atoms with van der Waals surface area (Å²) in [7, 11) is 1.34. The average molecular weight is 449 g/mol. The number of amides is 2. The highest BCUT2D eigenvalue weighted by Gasteiger charge is 2.40. The highest BCUT2D eigenvalue weighted by Crippen LogP contribution is 2.35. The number of aliphatic hydroxyl groups is 1. The second kappa shape index (κ2) is 12.1. The molecule has 3 N–H and O–H groups in total. The third-order valence-electron chi connectivity index (χ3n) is 5.91. The zero-order valence-corrected chi connectivity index (χ0v) is 19.1. The molecule has 0 aromatic carbocycles. The van der Waals surface area contributed by atoms with E-state index in [9.17, 15) is 14.7 Å². The molecule has 1 aromatic rings. The van der Waals surface area contributed by atoms with Gasteiger partial charge >= 0.3 is 6.09 Å². The molecule has 1 aliphatic heterocycles. The van der Waals surface area contributed by atoms with Gasteiger partial charge in [0.15, 0.2) is 0 Å². The molecule has 1 saturated heterocycles. The lowest BCUT2D eigenvalue weighted by atomic mass is 10.0. The van der Waals surface area contributed by atoms with E-state index in [1.54, 1.807) is 0 Å². The number of rotatable bonds is 11. The fraction of sp³-hybridized carbons (Fsp3) is 0.696. The Morgan fingerprint density at radius 2 is 2.03 bits per heavy atom. The van der Waals surface area contributed by atoms with E-state index < -0.39 is 12.2 Å². The normalized spacial score (nSPS) is 19.3. The first-order valence-corrected chi connectivity index (χ1v) is 11.6. The van der Waals surface area contributed by atoms with Crippen molar-refractivity contribution >= 4 is 12.0 Å². The maximum absolute atomic E-state index is 13.3. The molecule has 0 radical (unpaired) electrons. The zero-order chi connectivity index (χ0) is 22.9. The van der Waals surface area contributed by atoms with Crippen molar-refractivity contribution in [3.8, 4) is 0 Å². The van der Waals surface area contributed by atoms with Gasteiger partial charge in [-0.25, -0.2) is 4.79 Å². The summed E-state index contributed by atoms with van der Waals surface area (Å²) in [6.07, 6.45) is 3.90. The number of hydrogen-bond donors (Lipinski definition) is 3. The second-order valence-electron chi connectivity index (χ2n) is 8.45. The molecule has 1 aliphatic carbocycles. The van der Waals surface area contributed by atoms with Crippen LogP contribution < -0.4 is 10.6 Å². The predicted molar refractivity (Wildman–Crippen MR) is 119 cm³/mol. The van der Waals surface area contributed by atoms with Crippen molar-refractivity contribution in [2.75, 3.05) is 40.0 Å². The maximum atomic E-state index is 13.3. The van der Waals surface area contributed by atoms with Gasteiger partial charge in [-0.3, -0.25) is 9.78 Å². The van der Waals surface area contributed by atoms with Crippen molar-refractivity contribution in [1.29, 1.82) is 0 Å². The van der Waals surface area contributed by atoms with Crippen LogP contribution in [0.2, 0.25) is 0 Å². The molecule has 2 fully saturated rings. The molecule has 2 amide bonds. The highest BCUT2D eigenvalue weighted by atomic mass is 16.5.